The minimum atomic E-state index is -0.765. The zero-order chi connectivity index (χ0) is 17.8. The van der Waals surface area contributed by atoms with E-state index in [1.807, 2.05) is 12.1 Å². The molecule has 2 aliphatic rings. The van der Waals surface area contributed by atoms with Gasteiger partial charge in [-0.1, -0.05) is 12.1 Å². The number of carbonyl (C=O) groups is 2. The summed E-state index contributed by atoms with van der Waals surface area (Å²) < 4.78 is 13.0. The summed E-state index contributed by atoms with van der Waals surface area (Å²) >= 11 is 0. The highest BCUT2D eigenvalue weighted by Gasteiger charge is 2.29. The van der Waals surface area contributed by atoms with Gasteiger partial charge in [-0.3, -0.25) is 4.79 Å². The molecular weight excluding hydrogens is 323 g/mol. The van der Waals surface area contributed by atoms with E-state index in [0.29, 0.717) is 31.8 Å². The number of carbonyl (C=O) groups excluding carboxylic acids is 1. The summed E-state index contributed by atoms with van der Waals surface area (Å²) in [4.78, 5) is 25.1. The minimum absolute atomic E-state index is 0.0749. The summed E-state index contributed by atoms with van der Waals surface area (Å²) in [5.74, 6) is -0.870. The van der Waals surface area contributed by atoms with E-state index in [9.17, 15) is 14.0 Å². The highest BCUT2D eigenvalue weighted by molar-refractivity contribution is 5.75. The predicted molar refractivity (Wildman–Crippen MR) is 91.9 cm³/mol. The van der Waals surface area contributed by atoms with Crippen LogP contribution in [-0.4, -0.2) is 41.1 Å². The maximum absolute atomic E-state index is 13.0. The van der Waals surface area contributed by atoms with Crippen LogP contribution in [0.1, 0.15) is 50.0 Å². The van der Waals surface area contributed by atoms with Gasteiger partial charge < -0.3 is 15.3 Å². The number of hydrogen-bond acceptors (Lipinski definition) is 2. The molecule has 1 aromatic rings. The van der Waals surface area contributed by atoms with Gasteiger partial charge >= 0.3 is 12.0 Å². The number of amides is 2. The molecular formula is C19H25FN2O3. The van der Waals surface area contributed by atoms with Crippen LogP contribution in [0.4, 0.5) is 9.18 Å². The van der Waals surface area contributed by atoms with E-state index < -0.39 is 5.97 Å². The molecule has 2 fully saturated rings. The topological polar surface area (TPSA) is 69.6 Å². The third-order valence-electron chi connectivity index (χ3n) is 5.53. The fourth-order valence-corrected chi connectivity index (χ4v) is 3.90. The number of rotatable bonds is 3. The van der Waals surface area contributed by atoms with Crippen molar-refractivity contribution in [2.24, 2.45) is 5.92 Å². The second-order valence-corrected chi connectivity index (χ2v) is 7.15. The third kappa shape index (κ3) is 4.50. The van der Waals surface area contributed by atoms with Gasteiger partial charge in [0, 0.05) is 19.1 Å². The first-order chi connectivity index (χ1) is 12.0. The molecule has 0 bridgehead atoms. The molecule has 5 nitrogen and oxygen atoms in total. The molecule has 3 rings (SSSR count). The molecule has 2 amide bonds. The van der Waals surface area contributed by atoms with Crippen LogP contribution >= 0.6 is 0 Å². The Labute approximate surface area is 147 Å². The van der Waals surface area contributed by atoms with Gasteiger partial charge in [0.1, 0.15) is 5.82 Å². The first-order valence-corrected chi connectivity index (χ1v) is 9.06. The quantitative estimate of drug-likeness (QED) is 0.880. The van der Waals surface area contributed by atoms with Crippen LogP contribution in [-0.2, 0) is 4.79 Å². The normalized spacial score (nSPS) is 24.8. The first kappa shape index (κ1) is 17.7. The van der Waals surface area contributed by atoms with Crippen LogP contribution in [0.5, 0.6) is 0 Å². The van der Waals surface area contributed by atoms with E-state index in [-0.39, 0.29) is 23.8 Å². The van der Waals surface area contributed by atoms with Crippen LogP contribution in [0, 0.1) is 11.7 Å². The van der Waals surface area contributed by atoms with E-state index in [4.69, 9.17) is 5.11 Å². The molecule has 6 heteroatoms. The average molecular weight is 348 g/mol. The maximum Gasteiger partial charge on any atom is 0.317 e. The molecule has 1 saturated heterocycles. The Morgan fingerprint density at radius 2 is 1.60 bits per heavy atom. The van der Waals surface area contributed by atoms with Crippen LogP contribution in [0.15, 0.2) is 24.3 Å². The van der Waals surface area contributed by atoms with Gasteiger partial charge in [0.05, 0.1) is 5.92 Å². The predicted octanol–water partition coefficient (Wildman–Crippen LogP) is 3.36. The van der Waals surface area contributed by atoms with E-state index in [2.05, 4.69) is 5.32 Å². The Hall–Kier alpha value is -2.11. The van der Waals surface area contributed by atoms with Gasteiger partial charge in [0.25, 0.3) is 0 Å². The van der Waals surface area contributed by atoms with Crippen LogP contribution in [0.3, 0.4) is 0 Å². The number of carboxylic acid groups (broad SMARTS) is 1. The Balaban J connectivity index is 1.43. The molecule has 1 aliphatic carbocycles. The lowest BCUT2D eigenvalue weighted by Crippen LogP contribution is -2.49. The van der Waals surface area contributed by atoms with Crippen molar-refractivity contribution in [2.45, 2.75) is 50.5 Å². The molecule has 1 heterocycles. The number of piperidine rings is 1. The van der Waals surface area contributed by atoms with E-state index in [0.717, 1.165) is 25.7 Å². The molecule has 0 aromatic heterocycles. The van der Waals surface area contributed by atoms with E-state index in [1.54, 1.807) is 4.90 Å². The summed E-state index contributed by atoms with van der Waals surface area (Å²) in [6.07, 6.45) is 4.86. The van der Waals surface area contributed by atoms with Crippen LogP contribution in [0.2, 0.25) is 0 Å². The summed E-state index contributed by atoms with van der Waals surface area (Å²) in [5, 5.41) is 12.1. The zero-order valence-electron chi connectivity index (χ0n) is 14.3. The van der Waals surface area contributed by atoms with Gasteiger partial charge in [-0.15, -0.1) is 0 Å². The number of nitrogens with one attached hydrogen (secondary N) is 1. The van der Waals surface area contributed by atoms with Crippen molar-refractivity contribution in [2.75, 3.05) is 13.1 Å². The monoisotopic (exact) mass is 348 g/mol. The standard InChI is InChI=1S/C19H25FN2O3/c20-16-5-1-13(2-6-16)14-3-7-17(8-4-14)21-19(25)22-11-9-15(10-12-22)18(23)24/h1-2,5-6,14-15,17H,3-4,7-12H2,(H,21,25)(H,23,24). The van der Waals surface area contributed by atoms with Crippen LogP contribution in [0.25, 0.3) is 0 Å². The maximum atomic E-state index is 13.0. The highest BCUT2D eigenvalue weighted by atomic mass is 19.1. The molecule has 1 aliphatic heterocycles. The van der Waals surface area contributed by atoms with Crippen molar-refractivity contribution in [1.82, 2.24) is 10.2 Å². The second-order valence-electron chi connectivity index (χ2n) is 7.15. The number of urea groups is 1. The molecule has 2 N–H and O–H groups in total. The summed E-state index contributed by atoms with van der Waals surface area (Å²) in [5.41, 5.74) is 1.17. The molecule has 0 unspecified atom stereocenters. The fraction of sp³-hybridized carbons (Fsp3) is 0.579. The second kappa shape index (κ2) is 7.85. The van der Waals surface area contributed by atoms with Crippen molar-refractivity contribution >= 4 is 12.0 Å². The van der Waals surface area contributed by atoms with Crippen molar-refractivity contribution < 1.29 is 19.1 Å². The van der Waals surface area contributed by atoms with E-state index >= 15 is 0 Å². The summed E-state index contributed by atoms with van der Waals surface area (Å²) in [7, 11) is 0. The lowest BCUT2D eigenvalue weighted by Gasteiger charge is -2.34. The Morgan fingerprint density at radius 3 is 2.16 bits per heavy atom. The number of carboxylic acids is 1. The van der Waals surface area contributed by atoms with Gasteiger partial charge in [-0.25, -0.2) is 9.18 Å². The van der Waals surface area contributed by atoms with Gasteiger partial charge in [-0.05, 0) is 62.1 Å². The largest absolute Gasteiger partial charge is 0.481 e. The molecule has 0 atom stereocenters. The highest BCUT2D eigenvalue weighted by Crippen LogP contribution is 2.33. The molecule has 136 valence electrons. The zero-order valence-corrected chi connectivity index (χ0v) is 14.3. The van der Waals surface area contributed by atoms with Crippen molar-refractivity contribution in [1.29, 1.82) is 0 Å². The lowest BCUT2D eigenvalue weighted by molar-refractivity contribution is -0.143. The van der Waals surface area contributed by atoms with Crippen molar-refractivity contribution in [3.8, 4) is 0 Å². The first-order valence-electron chi connectivity index (χ1n) is 9.06. The number of benzene rings is 1. The van der Waals surface area contributed by atoms with E-state index in [1.165, 1.54) is 17.7 Å². The molecule has 1 aromatic carbocycles. The average Bonchev–Trinajstić information content (AvgIpc) is 2.63. The smallest absolute Gasteiger partial charge is 0.317 e. The lowest BCUT2D eigenvalue weighted by atomic mass is 9.82. The fourth-order valence-electron chi connectivity index (χ4n) is 3.90. The van der Waals surface area contributed by atoms with Crippen molar-refractivity contribution in [3.05, 3.63) is 35.6 Å². The molecule has 0 spiro atoms. The van der Waals surface area contributed by atoms with Gasteiger partial charge in [0.15, 0.2) is 0 Å². The number of halogens is 1. The van der Waals surface area contributed by atoms with Gasteiger partial charge in [0.2, 0.25) is 0 Å². The summed E-state index contributed by atoms with van der Waals surface area (Å²) in [6.45, 7) is 1.02. The number of aliphatic carboxylic acids is 1. The minimum Gasteiger partial charge on any atom is -0.481 e. The molecule has 25 heavy (non-hydrogen) atoms. The van der Waals surface area contributed by atoms with Crippen molar-refractivity contribution in [3.63, 3.8) is 0 Å². The SMILES string of the molecule is O=C(O)C1CCN(C(=O)NC2CCC(c3ccc(F)cc3)CC2)CC1. The number of nitrogens with zero attached hydrogens (tertiary/aromatic N) is 1. The third-order valence-corrected chi connectivity index (χ3v) is 5.53. The van der Waals surface area contributed by atoms with Gasteiger partial charge in [-0.2, -0.15) is 0 Å². The molecule has 0 radical (unpaired) electrons. The molecule has 1 saturated carbocycles. The summed E-state index contributed by atoms with van der Waals surface area (Å²) in [6, 6.07) is 6.81. The van der Waals surface area contributed by atoms with Crippen LogP contribution < -0.4 is 5.32 Å². The number of hydrogen-bond donors (Lipinski definition) is 2. The number of likely N-dealkylation sites (tertiary alicyclic amines) is 1. The Bertz CT molecular complexity index is 604. The Morgan fingerprint density at radius 1 is 1.00 bits per heavy atom. The Kier molecular flexibility index (Phi) is 5.56.